The molecule has 2 aromatic rings. The molecule has 1 atom stereocenters. The van der Waals surface area contributed by atoms with Crippen LogP contribution in [0.25, 0.3) is 0 Å². The zero-order chi connectivity index (χ0) is 17.1. The number of hydrogen-bond donors (Lipinski definition) is 1. The molecular weight excluding hydrogens is 294 g/mol. The first-order chi connectivity index (χ1) is 10.8. The molecule has 0 unspecified atom stereocenters. The molecule has 0 saturated carbocycles. The number of aromatic nitrogens is 1. The summed E-state index contributed by atoms with van der Waals surface area (Å²) in [7, 11) is 0. The van der Waals surface area contributed by atoms with Crippen LogP contribution in [-0.2, 0) is 4.74 Å². The summed E-state index contributed by atoms with van der Waals surface area (Å²) in [5.41, 5.74) is 3.14. The fourth-order valence-electron chi connectivity index (χ4n) is 2.12. The second-order valence-electron chi connectivity index (χ2n) is 5.57. The lowest BCUT2D eigenvalue weighted by Crippen LogP contribution is -2.24. The van der Waals surface area contributed by atoms with Gasteiger partial charge in [0.1, 0.15) is 5.69 Å². The Kier molecular flexibility index (Phi) is 4.79. The lowest BCUT2D eigenvalue weighted by molar-refractivity contribution is 0.0314. The summed E-state index contributed by atoms with van der Waals surface area (Å²) >= 11 is 0. The van der Waals surface area contributed by atoms with Gasteiger partial charge in [-0.05, 0) is 51.0 Å². The number of H-pyrrole nitrogens is 1. The van der Waals surface area contributed by atoms with Crippen molar-refractivity contribution in [2.75, 3.05) is 0 Å². The molecule has 2 rings (SSSR count). The van der Waals surface area contributed by atoms with Gasteiger partial charge in [-0.2, -0.15) is 0 Å². The van der Waals surface area contributed by atoms with E-state index in [1.54, 1.807) is 12.1 Å². The minimum atomic E-state index is -0.909. The summed E-state index contributed by atoms with van der Waals surface area (Å²) in [6.45, 7) is 6.82. The molecule has 23 heavy (non-hydrogen) atoms. The average molecular weight is 313 g/mol. The van der Waals surface area contributed by atoms with Crippen LogP contribution < -0.4 is 0 Å². The maximum atomic E-state index is 12.3. The second-order valence-corrected chi connectivity index (χ2v) is 5.57. The third-order valence-electron chi connectivity index (χ3n) is 3.75. The predicted molar refractivity (Wildman–Crippen MR) is 85.9 cm³/mol. The standard InChI is InChI=1S/C18H19NO4/c1-10-5-6-14(7-11(10)2)17(21)13(4)23-18(22)16-8-15(9-19-16)12(3)20/h5-9,13,19H,1-4H3/t13-/m0/s1. The number of hydrogen-bond acceptors (Lipinski definition) is 4. The molecule has 5 nitrogen and oxygen atoms in total. The Morgan fingerprint density at radius 3 is 2.30 bits per heavy atom. The number of ketones is 2. The molecule has 0 radical (unpaired) electrons. The van der Waals surface area contributed by atoms with Gasteiger partial charge in [0, 0.05) is 17.3 Å². The van der Waals surface area contributed by atoms with Crippen molar-refractivity contribution in [2.45, 2.75) is 33.8 Å². The van der Waals surface area contributed by atoms with Gasteiger partial charge in [0.25, 0.3) is 0 Å². The first-order valence-corrected chi connectivity index (χ1v) is 7.31. The molecule has 0 aliphatic heterocycles. The quantitative estimate of drug-likeness (QED) is 0.679. The molecule has 0 aliphatic carbocycles. The van der Waals surface area contributed by atoms with Crippen LogP contribution in [0.3, 0.4) is 0 Å². The van der Waals surface area contributed by atoms with E-state index >= 15 is 0 Å². The van der Waals surface area contributed by atoms with Crippen molar-refractivity contribution in [3.8, 4) is 0 Å². The highest BCUT2D eigenvalue weighted by atomic mass is 16.5. The summed E-state index contributed by atoms with van der Waals surface area (Å²) in [5.74, 6) is -1.08. The maximum absolute atomic E-state index is 12.3. The second kappa shape index (κ2) is 6.60. The number of rotatable bonds is 5. The van der Waals surface area contributed by atoms with Crippen LogP contribution >= 0.6 is 0 Å². The molecule has 1 N–H and O–H groups in total. The SMILES string of the molecule is CC(=O)c1c[nH]c(C(=O)O[C@@H](C)C(=O)c2ccc(C)c(C)c2)c1. The zero-order valence-electron chi connectivity index (χ0n) is 13.6. The Hall–Kier alpha value is -2.69. The van der Waals surface area contributed by atoms with Crippen molar-refractivity contribution in [3.05, 3.63) is 58.4 Å². The van der Waals surface area contributed by atoms with Gasteiger partial charge < -0.3 is 9.72 Å². The lowest BCUT2D eigenvalue weighted by Gasteiger charge is -2.12. The fraction of sp³-hybridized carbons (Fsp3) is 0.278. The Balaban J connectivity index is 2.09. The first kappa shape index (κ1) is 16.7. The van der Waals surface area contributed by atoms with Crippen LogP contribution in [0.4, 0.5) is 0 Å². The molecule has 0 saturated heterocycles. The lowest BCUT2D eigenvalue weighted by atomic mass is 10.0. The van der Waals surface area contributed by atoms with Crippen molar-refractivity contribution in [2.24, 2.45) is 0 Å². The topological polar surface area (TPSA) is 76.2 Å². The third kappa shape index (κ3) is 3.74. The number of esters is 1. The van der Waals surface area contributed by atoms with Crippen molar-refractivity contribution in [3.63, 3.8) is 0 Å². The predicted octanol–water partition coefficient (Wildman–Crippen LogP) is 3.26. The van der Waals surface area contributed by atoms with E-state index in [0.29, 0.717) is 11.1 Å². The van der Waals surface area contributed by atoms with Crippen molar-refractivity contribution in [1.29, 1.82) is 0 Å². The van der Waals surface area contributed by atoms with Crippen molar-refractivity contribution in [1.82, 2.24) is 4.98 Å². The number of Topliss-reactive ketones (excluding diaryl/α,β-unsaturated/α-hetero) is 2. The molecule has 0 aliphatic rings. The monoisotopic (exact) mass is 313 g/mol. The van der Waals surface area contributed by atoms with Gasteiger partial charge in [-0.25, -0.2) is 4.79 Å². The van der Waals surface area contributed by atoms with Gasteiger partial charge in [0.2, 0.25) is 5.78 Å². The van der Waals surface area contributed by atoms with Crippen molar-refractivity contribution < 1.29 is 19.1 Å². The van der Waals surface area contributed by atoms with E-state index in [4.69, 9.17) is 4.74 Å². The number of ether oxygens (including phenoxy) is 1. The van der Waals surface area contributed by atoms with E-state index in [1.165, 1.54) is 26.1 Å². The maximum Gasteiger partial charge on any atom is 0.355 e. The largest absolute Gasteiger partial charge is 0.450 e. The van der Waals surface area contributed by atoms with E-state index < -0.39 is 12.1 Å². The van der Waals surface area contributed by atoms with E-state index in [1.807, 2.05) is 19.9 Å². The third-order valence-corrected chi connectivity index (χ3v) is 3.75. The molecule has 0 amide bonds. The summed E-state index contributed by atoms with van der Waals surface area (Å²) in [5, 5.41) is 0. The van der Waals surface area contributed by atoms with Crippen LogP contribution in [0, 0.1) is 13.8 Å². The first-order valence-electron chi connectivity index (χ1n) is 7.31. The van der Waals surface area contributed by atoms with Gasteiger partial charge >= 0.3 is 5.97 Å². The Bertz CT molecular complexity index is 773. The Labute approximate surface area is 134 Å². The number of aryl methyl sites for hydroxylation is 2. The summed E-state index contributed by atoms with van der Waals surface area (Å²) < 4.78 is 5.18. The highest BCUT2D eigenvalue weighted by Crippen LogP contribution is 2.14. The average Bonchev–Trinajstić information content (AvgIpc) is 2.99. The molecule has 0 spiro atoms. The van der Waals surface area contributed by atoms with Crippen LogP contribution in [0.1, 0.15) is 56.2 Å². The zero-order valence-corrected chi connectivity index (χ0v) is 13.6. The van der Waals surface area contributed by atoms with Crippen molar-refractivity contribution >= 4 is 17.5 Å². The van der Waals surface area contributed by atoms with Gasteiger partial charge in [-0.15, -0.1) is 0 Å². The number of aromatic amines is 1. The number of nitrogens with one attached hydrogen (secondary N) is 1. The normalized spacial score (nSPS) is 11.8. The molecule has 0 fully saturated rings. The highest BCUT2D eigenvalue weighted by Gasteiger charge is 2.21. The smallest absolute Gasteiger partial charge is 0.355 e. The summed E-state index contributed by atoms with van der Waals surface area (Å²) in [4.78, 5) is 38.3. The number of carbonyl (C=O) groups excluding carboxylic acids is 3. The molecule has 1 heterocycles. The Morgan fingerprint density at radius 2 is 1.74 bits per heavy atom. The summed E-state index contributed by atoms with van der Waals surface area (Å²) in [6.07, 6.45) is 0.531. The molecule has 1 aromatic heterocycles. The molecule has 5 heteroatoms. The highest BCUT2D eigenvalue weighted by molar-refractivity contribution is 6.02. The molecular formula is C18H19NO4. The summed E-state index contributed by atoms with van der Waals surface area (Å²) in [6, 6.07) is 6.78. The van der Waals surface area contributed by atoms with E-state index in [0.717, 1.165) is 11.1 Å². The fourth-order valence-corrected chi connectivity index (χ4v) is 2.12. The van der Waals surface area contributed by atoms with Crippen LogP contribution in [-0.4, -0.2) is 28.6 Å². The van der Waals surface area contributed by atoms with Crippen LogP contribution in [0.15, 0.2) is 30.5 Å². The molecule has 120 valence electrons. The van der Waals surface area contributed by atoms with Crippen LogP contribution in [0.5, 0.6) is 0 Å². The number of benzene rings is 1. The van der Waals surface area contributed by atoms with E-state index in [-0.39, 0.29) is 17.3 Å². The van der Waals surface area contributed by atoms with Crippen LogP contribution in [0.2, 0.25) is 0 Å². The van der Waals surface area contributed by atoms with Gasteiger partial charge in [-0.3, -0.25) is 9.59 Å². The minimum absolute atomic E-state index is 0.148. The number of carbonyl (C=O) groups is 3. The van der Waals surface area contributed by atoms with Gasteiger partial charge in [0.15, 0.2) is 11.9 Å². The Morgan fingerprint density at radius 1 is 1.04 bits per heavy atom. The van der Waals surface area contributed by atoms with Gasteiger partial charge in [-0.1, -0.05) is 12.1 Å². The van der Waals surface area contributed by atoms with E-state index in [9.17, 15) is 14.4 Å². The van der Waals surface area contributed by atoms with E-state index in [2.05, 4.69) is 4.98 Å². The minimum Gasteiger partial charge on any atom is -0.450 e. The van der Waals surface area contributed by atoms with Gasteiger partial charge in [0.05, 0.1) is 0 Å². The molecule has 0 bridgehead atoms. The molecule has 1 aromatic carbocycles.